The summed E-state index contributed by atoms with van der Waals surface area (Å²) in [6.45, 7) is 6.30. The molecule has 4 unspecified atom stereocenters. The van der Waals surface area contributed by atoms with Gasteiger partial charge in [0.1, 0.15) is 12.1 Å². The third-order valence-corrected chi connectivity index (χ3v) is 8.86. The summed E-state index contributed by atoms with van der Waals surface area (Å²) in [7, 11) is 0. The highest BCUT2D eigenvalue weighted by atomic mass is 16.2. The van der Waals surface area contributed by atoms with Gasteiger partial charge in [-0.3, -0.25) is 19.2 Å². The van der Waals surface area contributed by atoms with Gasteiger partial charge in [-0.15, -0.1) is 0 Å². The number of nitrogens with one attached hydrogen (secondary N) is 2. The van der Waals surface area contributed by atoms with Crippen LogP contribution in [0.4, 0.5) is 5.69 Å². The van der Waals surface area contributed by atoms with Crippen molar-refractivity contribution in [3.8, 4) is 0 Å². The van der Waals surface area contributed by atoms with Crippen molar-refractivity contribution in [3.63, 3.8) is 0 Å². The highest BCUT2D eigenvalue weighted by Gasteiger charge is 2.54. The minimum Gasteiger partial charge on any atom is -0.372 e. The molecule has 1 aromatic rings. The number of likely N-dealkylation sites (tertiary alicyclic amines) is 1. The predicted molar refractivity (Wildman–Crippen MR) is 146 cm³/mol. The molecular formula is C30H42N4O4. The van der Waals surface area contributed by atoms with Gasteiger partial charge in [-0.25, -0.2) is 0 Å². The SMILES string of the molecule is CC(C)CC(NC(=O)c1ccc(N2CCCC2)cc1)C(=O)N1C(C(=O)C2CCCCC2)CC2NCC(=O)C21. The number of ketones is 2. The highest BCUT2D eigenvalue weighted by Crippen LogP contribution is 2.35. The van der Waals surface area contributed by atoms with Crippen LogP contribution in [-0.4, -0.2) is 72.1 Å². The Balaban J connectivity index is 1.35. The minimum absolute atomic E-state index is 0.0468. The molecule has 4 aliphatic rings. The Kier molecular flexibility index (Phi) is 8.17. The van der Waals surface area contributed by atoms with E-state index in [9.17, 15) is 19.2 Å². The molecule has 3 heterocycles. The molecule has 0 bridgehead atoms. The van der Waals surface area contributed by atoms with Crippen molar-refractivity contribution in [1.29, 1.82) is 0 Å². The first-order valence-corrected chi connectivity index (χ1v) is 14.6. The molecule has 2 amide bonds. The van der Waals surface area contributed by atoms with Crippen molar-refractivity contribution in [2.45, 2.75) is 95.8 Å². The molecule has 3 aliphatic heterocycles. The van der Waals surface area contributed by atoms with E-state index in [4.69, 9.17) is 0 Å². The fraction of sp³-hybridized carbons (Fsp3) is 0.667. The zero-order valence-electron chi connectivity index (χ0n) is 22.8. The van der Waals surface area contributed by atoms with Gasteiger partial charge in [-0.1, -0.05) is 33.1 Å². The molecule has 8 heteroatoms. The number of anilines is 1. The quantitative estimate of drug-likeness (QED) is 0.545. The van der Waals surface area contributed by atoms with Gasteiger partial charge < -0.3 is 20.4 Å². The van der Waals surface area contributed by atoms with Crippen molar-refractivity contribution >= 4 is 29.1 Å². The number of rotatable bonds is 8. The molecule has 206 valence electrons. The Morgan fingerprint density at radius 1 is 1.00 bits per heavy atom. The number of carbonyl (C=O) groups is 4. The van der Waals surface area contributed by atoms with Crippen LogP contribution in [0.15, 0.2) is 24.3 Å². The summed E-state index contributed by atoms with van der Waals surface area (Å²) in [5.41, 5.74) is 1.61. The fourth-order valence-electron chi connectivity index (χ4n) is 6.90. The minimum atomic E-state index is -0.797. The maximum absolute atomic E-state index is 14.1. The second-order valence-electron chi connectivity index (χ2n) is 12.0. The van der Waals surface area contributed by atoms with Crippen molar-refractivity contribution in [3.05, 3.63) is 29.8 Å². The van der Waals surface area contributed by atoms with Gasteiger partial charge in [0.15, 0.2) is 11.6 Å². The van der Waals surface area contributed by atoms with E-state index in [2.05, 4.69) is 15.5 Å². The second-order valence-corrected chi connectivity index (χ2v) is 12.0. The lowest BCUT2D eigenvalue weighted by atomic mass is 9.83. The molecule has 4 fully saturated rings. The maximum atomic E-state index is 14.1. The van der Waals surface area contributed by atoms with E-state index in [-0.39, 0.29) is 47.8 Å². The van der Waals surface area contributed by atoms with E-state index in [1.165, 1.54) is 12.8 Å². The van der Waals surface area contributed by atoms with Crippen molar-refractivity contribution in [1.82, 2.24) is 15.5 Å². The van der Waals surface area contributed by atoms with Gasteiger partial charge in [0.25, 0.3) is 5.91 Å². The molecule has 0 radical (unpaired) electrons. The zero-order valence-corrected chi connectivity index (χ0v) is 22.8. The Hall–Kier alpha value is -2.74. The third kappa shape index (κ3) is 5.51. The number of hydrogen-bond donors (Lipinski definition) is 2. The lowest BCUT2D eigenvalue weighted by Crippen LogP contribution is -2.57. The number of Topliss-reactive ketones (excluding diaryl/α,β-unsaturated/α-hetero) is 2. The van der Waals surface area contributed by atoms with Gasteiger partial charge in [0, 0.05) is 36.3 Å². The third-order valence-electron chi connectivity index (χ3n) is 8.86. The first kappa shape index (κ1) is 26.9. The predicted octanol–water partition coefficient (Wildman–Crippen LogP) is 3.09. The van der Waals surface area contributed by atoms with Crippen LogP contribution in [0.3, 0.4) is 0 Å². The van der Waals surface area contributed by atoms with E-state index < -0.39 is 18.1 Å². The maximum Gasteiger partial charge on any atom is 0.251 e. The molecule has 0 spiro atoms. The second kappa shape index (κ2) is 11.6. The summed E-state index contributed by atoms with van der Waals surface area (Å²) in [5, 5.41) is 6.21. The number of amides is 2. The molecule has 1 saturated carbocycles. The fourth-order valence-corrected chi connectivity index (χ4v) is 6.90. The summed E-state index contributed by atoms with van der Waals surface area (Å²) < 4.78 is 0. The number of hydrogen-bond acceptors (Lipinski definition) is 6. The van der Waals surface area contributed by atoms with Crippen LogP contribution in [0.2, 0.25) is 0 Å². The average Bonchev–Trinajstić information content (AvgIpc) is 3.66. The van der Waals surface area contributed by atoms with E-state index in [1.54, 1.807) is 4.90 Å². The first-order chi connectivity index (χ1) is 18.3. The lowest BCUT2D eigenvalue weighted by Gasteiger charge is -2.34. The Morgan fingerprint density at radius 2 is 1.68 bits per heavy atom. The Morgan fingerprint density at radius 3 is 2.34 bits per heavy atom. The van der Waals surface area contributed by atoms with Gasteiger partial charge in [-0.2, -0.15) is 0 Å². The molecule has 4 atom stereocenters. The van der Waals surface area contributed by atoms with Crippen molar-refractivity contribution < 1.29 is 19.2 Å². The van der Waals surface area contributed by atoms with Crippen LogP contribution < -0.4 is 15.5 Å². The average molecular weight is 523 g/mol. The van der Waals surface area contributed by atoms with Crippen LogP contribution in [0.25, 0.3) is 0 Å². The van der Waals surface area contributed by atoms with Gasteiger partial charge in [0.2, 0.25) is 5.91 Å². The normalized spacial score (nSPS) is 26.6. The molecule has 3 saturated heterocycles. The molecule has 2 N–H and O–H groups in total. The molecule has 5 rings (SSSR count). The molecule has 38 heavy (non-hydrogen) atoms. The number of carbonyl (C=O) groups excluding carboxylic acids is 4. The Bertz CT molecular complexity index is 1040. The van der Waals surface area contributed by atoms with Crippen LogP contribution in [0.5, 0.6) is 0 Å². The largest absolute Gasteiger partial charge is 0.372 e. The van der Waals surface area contributed by atoms with E-state index in [1.807, 2.05) is 38.1 Å². The van der Waals surface area contributed by atoms with Gasteiger partial charge in [0.05, 0.1) is 12.6 Å². The molecule has 1 aliphatic carbocycles. The summed E-state index contributed by atoms with van der Waals surface area (Å²) in [6, 6.07) is 5.32. The van der Waals surface area contributed by atoms with E-state index >= 15 is 0 Å². The van der Waals surface area contributed by atoms with Gasteiger partial charge >= 0.3 is 0 Å². The summed E-state index contributed by atoms with van der Waals surface area (Å²) in [4.78, 5) is 57.9. The molecule has 1 aromatic carbocycles. The summed E-state index contributed by atoms with van der Waals surface area (Å²) in [5.74, 6) is -0.475. The number of benzene rings is 1. The van der Waals surface area contributed by atoms with Crippen molar-refractivity contribution in [2.75, 3.05) is 24.5 Å². The number of fused-ring (bicyclic) bond motifs is 1. The summed E-state index contributed by atoms with van der Waals surface area (Å²) in [6.07, 6.45) is 8.19. The lowest BCUT2D eigenvalue weighted by molar-refractivity contribution is -0.145. The van der Waals surface area contributed by atoms with Crippen LogP contribution in [0, 0.1) is 11.8 Å². The Labute approximate surface area is 225 Å². The van der Waals surface area contributed by atoms with Crippen LogP contribution in [0.1, 0.15) is 82.0 Å². The van der Waals surface area contributed by atoms with Gasteiger partial charge in [-0.05, 0) is 68.7 Å². The smallest absolute Gasteiger partial charge is 0.251 e. The van der Waals surface area contributed by atoms with Crippen LogP contribution >= 0.6 is 0 Å². The van der Waals surface area contributed by atoms with E-state index in [0.717, 1.165) is 50.9 Å². The molecular weight excluding hydrogens is 480 g/mol. The standard InChI is InChI=1S/C30H42N4O4/c1-19(2)16-24(32-29(37)21-10-12-22(13-11-21)33-14-6-7-15-33)30(38)34-25(17-23-27(34)26(35)18-31-23)28(36)20-8-4-3-5-9-20/h10-13,19-20,23-25,27,31H,3-9,14-18H2,1-2H3,(H,32,37). The molecule has 8 nitrogen and oxygen atoms in total. The van der Waals surface area contributed by atoms with Crippen LogP contribution in [-0.2, 0) is 14.4 Å². The number of nitrogens with zero attached hydrogens (tertiary/aromatic N) is 2. The van der Waals surface area contributed by atoms with Crippen molar-refractivity contribution in [2.24, 2.45) is 11.8 Å². The topological polar surface area (TPSA) is 98.8 Å². The first-order valence-electron chi connectivity index (χ1n) is 14.6. The zero-order chi connectivity index (χ0) is 26.8. The summed E-state index contributed by atoms with van der Waals surface area (Å²) >= 11 is 0. The molecule has 0 aromatic heterocycles. The monoisotopic (exact) mass is 522 g/mol. The van der Waals surface area contributed by atoms with E-state index in [0.29, 0.717) is 18.4 Å². The highest BCUT2D eigenvalue weighted by molar-refractivity contribution is 6.02.